The largest absolute Gasteiger partial charge is 0.379 e. The normalized spacial score (nSPS) is 15.3. The zero-order valence-corrected chi connectivity index (χ0v) is 15.5. The molecule has 0 aromatic carbocycles. The fraction of sp³-hybridized carbons (Fsp3) is 0.412. The lowest BCUT2D eigenvalue weighted by Gasteiger charge is -2.26. The first-order valence-corrected chi connectivity index (χ1v) is 9.65. The van der Waals surface area contributed by atoms with Crippen LogP contribution in [0.3, 0.4) is 0 Å². The molecule has 1 aliphatic heterocycles. The van der Waals surface area contributed by atoms with Gasteiger partial charge in [0.2, 0.25) is 5.91 Å². The van der Waals surface area contributed by atoms with Crippen LogP contribution < -0.4 is 10.9 Å². The lowest BCUT2D eigenvalue weighted by atomic mass is 10.3. The van der Waals surface area contributed by atoms with Gasteiger partial charge in [0.05, 0.1) is 18.1 Å². The van der Waals surface area contributed by atoms with Crippen LogP contribution in [0.15, 0.2) is 34.7 Å². The highest BCUT2D eigenvalue weighted by atomic mass is 32.1. The second-order valence-electron chi connectivity index (χ2n) is 6.23. The van der Waals surface area contributed by atoms with E-state index in [0.717, 1.165) is 43.4 Å². The number of nitrogens with zero attached hydrogens (tertiary/aromatic N) is 5. The number of hydrogen-bond acceptors (Lipinski definition) is 7. The van der Waals surface area contributed by atoms with Gasteiger partial charge in [0.25, 0.3) is 5.56 Å². The fourth-order valence-corrected chi connectivity index (χ4v) is 3.65. The smallest absolute Gasteiger partial charge is 0.293 e. The fourth-order valence-electron chi connectivity index (χ4n) is 2.97. The summed E-state index contributed by atoms with van der Waals surface area (Å²) in [4.78, 5) is 28.0. The number of morpholine rings is 1. The molecule has 1 fully saturated rings. The molecule has 4 heterocycles. The maximum absolute atomic E-state index is 12.6. The molecule has 0 spiro atoms. The topological polar surface area (TPSA) is 93.8 Å². The molecule has 0 atom stereocenters. The van der Waals surface area contributed by atoms with Crippen LogP contribution in [-0.2, 0) is 16.1 Å². The maximum Gasteiger partial charge on any atom is 0.293 e. The minimum absolute atomic E-state index is 0.113. The van der Waals surface area contributed by atoms with Crippen molar-refractivity contribution in [1.29, 1.82) is 0 Å². The molecule has 4 rings (SSSR count). The number of hydrogen-bond donors (Lipinski definition) is 1. The third-order valence-electron chi connectivity index (χ3n) is 4.41. The molecule has 9 nitrogen and oxygen atoms in total. The van der Waals surface area contributed by atoms with E-state index in [1.54, 1.807) is 17.4 Å². The molecule has 142 valence electrons. The Hall–Kier alpha value is -2.56. The molecule has 1 saturated heterocycles. The van der Waals surface area contributed by atoms with E-state index in [1.807, 2.05) is 17.5 Å². The molecule has 1 amide bonds. The number of rotatable bonds is 6. The summed E-state index contributed by atoms with van der Waals surface area (Å²) in [5.41, 5.74) is 0.780. The van der Waals surface area contributed by atoms with Gasteiger partial charge < -0.3 is 10.1 Å². The van der Waals surface area contributed by atoms with E-state index >= 15 is 0 Å². The number of ether oxygens (including phenoxy) is 1. The summed E-state index contributed by atoms with van der Waals surface area (Å²) in [5.74, 6) is -0.236. The average Bonchev–Trinajstić information content (AvgIpc) is 3.34. The van der Waals surface area contributed by atoms with Gasteiger partial charge in [-0.2, -0.15) is 10.2 Å². The van der Waals surface area contributed by atoms with E-state index in [2.05, 4.69) is 20.4 Å². The Morgan fingerprint density at radius 3 is 2.96 bits per heavy atom. The minimum atomic E-state index is -0.337. The summed E-state index contributed by atoms with van der Waals surface area (Å²) in [6.07, 6.45) is 1.45. The van der Waals surface area contributed by atoms with E-state index in [9.17, 15) is 9.59 Å². The van der Waals surface area contributed by atoms with Gasteiger partial charge in [0, 0.05) is 26.2 Å². The summed E-state index contributed by atoms with van der Waals surface area (Å²) >= 11 is 1.55. The third-order valence-corrected chi connectivity index (χ3v) is 5.30. The third kappa shape index (κ3) is 4.07. The van der Waals surface area contributed by atoms with Gasteiger partial charge in [-0.3, -0.25) is 14.5 Å². The molecule has 27 heavy (non-hydrogen) atoms. The highest BCUT2D eigenvalue weighted by Gasteiger charge is 2.13. The second-order valence-corrected chi connectivity index (χ2v) is 7.18. The first kappa shape index (κ1) is 17.8. The first-order valence-electron chi connectivity index (χ1n) is 8.77. The molecule has 3 aromatic rings. The van der Waals surface area contributed by atoms with Crippen molar-refractivity contribution in [3.8, 4) is 10.6 Å². The molecule has 0 saturated carbocycles. The Kier molecular flexibility index (Phi) is 5.28. The van der Waals surface area contributed by atoms with Crippen LogP contribution in [-0.4, -0.2) is 69.6 Å². The van der Waals surface area contributed by atoms with Gasteiger partial charge in [-0.05, 0) is 17.5 Å². The van der Waals surface area contributed by atoms with Crippen molar-refractivity contribution >= 4 is 22.8 Å². The van der Waals surface area contributed by atoms with Crippen molar-refractivity contribution < 1.29 is 9.53 Å². The average molecular weight is 388 g/mol. The van der Waals surface area contributed by atoms with Crippen LogP contribution in [0.1, 0.15) is 0 Å². The minimum Gasteiger partial charge on any atom is -0.379 e. The van der Waals surface area contributed by atoms with Crippen LogP contribution in [0.5, 0.6) is 0 Å². The van der Waals surface area contributed by atoms with Crippen LogP contribution in [0.25, 0.3) is 16.1 Å². The van der Waals surface area contributed by atoms with Crippen molar-refractivity contribution in [3.05, 3.63) is 40.3 Å². The van der Waals surface area contributed by atoms with Gasteiger partial charge >= 0.3 is 0 Å². The Morgan fingerprint density at radius 1 is 1.33 bits per heavy atom. The number of amides is 1. The van der Waals surface area contributed by atoms with Gasteiger partial charge in [-0.1, -0.05) is 6.07 Å². The standard InChI is InChI=1S/C17H20N6O3S/c24-16(18-3-4-21-5-7-26-8-6-21)11-22-17(25)14-10-13(15-2-1-9-27-15)20-23(14)12-19-22/h1-2,9-10,12H,3-8,11H2,(H,18,24). The Morgan fingerprint density at radius 2 is 2.19 bits per heavy atom. The molecule has 0 radical (unpaired) electrons. The first-order chi connectivity index (χ1) is 13.2. The molecule has 3 aromatic heterocycles. The molecule has 0 bridgehead atoms. The van der Waals surface area contributed by atoms with E-state index in [-0.39, 0.29) is 18.0 Å². The number of nitrogens with one attached hydrogen (secondary N) is 1. The highest BCUT2D eigenvalue weighted by molar-refractivity contribution is 7.13. The Bertz CT molecular complexity index is 974. The van der Waals surface area contributed by atoms with Crippen LogP contribution in [0.2, 0.25) is 0 Å². The Balaban J connectivity index is 1.40. The van der Waals surface area contributed by atoms with Gasteiger partial charge in [0.15, 0.2) is 0 Å². The number of fused-ring (bicyclic) bond motifs is 1. The molecular formula is C17H20N6O3S. The van der Waals surface area contributed by atoms with Crippen LogP contribution >= 0.6 is 11.3 Å². The lowest BCUT2D eigenvalue weighted by molar-refractivity contribution is -0.122. The van der Waals surface area contributed by atoms with Crippen molar-refractivity contribution in [3.63, 3.8) is 0 Å². The van der Waals surface area contributed by atoms with E-state index < -0.39 is 0 Å². The molecular weight excluding hydrogens is 368 g/mol. The van der Waals surface area contributed by atoms with E-state index in [0.29, 0.717) is 12.1 Å². The quantitative estimate of drug-likeness (QED) is 0.642. The van der Waals surface area contributed by atoms with E-state index in [4.69, 9.17) is 4.74 Å². The predicted octanol–water partition coefficient (Wildman–Crippen LogP) is 0.0679. The second kappa shape index (κ2) is 7.99. The number of thiophene rings is 1. The number of aromatic nitrogens is 4. The van der Waals surface area contributed by atoms with Crippen molar-refractivity contribution in [2.24, 2.45) is 0 Å². The molecule has 1 aliphatic rings. The van der Waals surface area contributed by atoms with Crippen molar-refractivity contribution in [2.45, 2.75) is 6.54 Å². The summed E-state index contributed by atoms with van der Waals surface area (Å²) in [6, 6.07) is 5.60. The maximum atomic E-state index is 12.6. The highest BCUT2D eigenvalue weighted by Crippen LogP contribution is 2.23. The molecule has 0 unspecified atom stereocenters. The summed E-state index contributed by atoms with van der Waals surface area (Å²) in [7, 11) is 0. The van der Waals surface area contributed by atoms with Crippen LogP contribution in [0, 0.1) is 0 Å². The Labute approximate surface area is 159 Å². The summed E-state index contributed by atoms with van der Waals surface area (Å²) in [5, 5.41) is 13.2. The molecule has 1 N–H and O–H groups in total. The molecule has 0 aliphatic carbocycles. The van der Waals surface area contributed by atoms with Crippen molar-refractivity contribution in [2.75, 3.05) is 39.4 Å². The zero-order chi connectivity index (χ0) is 18.6. The predicted molar refractivity (Wildman–Crippen MR) is 101 cm³/mol. The van der Waals surface area contributed by atoms with Gasteiger partial charge in [-0.15, -0.1) is 11.3 Å². The number of carbonyl (C=O) groups excluding carboxylic acids is 1. The van der Waals surface area contributed by atoms with Crippen LogP contribution in [0.4, 0.5) is 0 Å². The zero-order valence-electron chi connectivity index (χ0n) is 14.7. The monoisotopic (exact) mass is 388 g/mol. The SMILES string of the molecule is O=C(Cn1ncn2nc(-c3cccs3)cc2c1=O)NCCN1CCOCC1. The van der Waals surface area contributed by atoms with Gasteiger partial charge in [0.1, 0.15) is 24.1 Å². The molecule has 10 heteroatoms. The summed E-state index contributed by atoms with van der Waals surface area (Å²) < 4.78 is 7.91. The van der Waals surface area contributed by atoms with Gasteiger partial charge in [-0.25, -0.2) is 9.20 Å². The summed E-state index contributed by atoms with van der Waals surface area (Å²) in [6.45, 7) is 4.40. The van der Waals surface area contributed by atoms with E-state index in [1.165, 1.54) is 15.5 Å². The lowest BCUT2D eigenvalue weighted by Crippen LogP contribution is -2.42. The number of carbonyl (C=O) groups is 1. The van der Waals surface area contributed by atoms with Crippen molar-refractivity contribution in [1.82, 2.24) is 29.6 Å².